The van der Waals surface area contributed by atoms with Gasteiger partial charge in [0.2, 0.25) is 0 Å². The Kier molecular flexibility index (Phi) is 4.56. The van der Waals surface area contributed by atoms with Crippen molar-refractivity contribution in [3.63, 3.8) is 0 Å². The molecule has 1 aromatic rings. The molecular formula is C14H19N2O. The van der Waals surface area contributed by atoms with E-state index in [1.165, 1.54) is 12.8 Å². The summed E-state index contributed by atoms with van der Waals surface area (Å²) in [7, 11) is 0. The number of piperidine rings is 1. The van der Waals surface area contributed by atoms with E-state index in [0.717, 1.165) is 32.0 Å². The molecule has 0 unspecified atom stereocenters. The maximum absolute atomic E-state index is 11.7. The minimum absolute atomic E-state index is 0.0212. The fourth-order valence-electron chi connectivity index (χ4n) is 2.20. The summed E-state index contributed by atoms with van der Waals surface area (Å²) in [6, 6.07) is 10.0. The first-order chi connectivity index (χ1) is 8.36. The molecule has 0 aromatic heterocycles. The SMILES string of the molecule is O=C(NCCC1CCNCC1)c1cc[c]cc1. The van der Waals surface area contributed by atoms with Gasteiger partial charge in [0, 0.05) is 12.1 Å². The molecule has 2 rings (SSSR count). The molecule has 1 saturated heterocycles. The normalized spacial score (nSPS) is 16.7. The van der Waals surface area contributed by atoms with Gasteiger partial charge in [0.05, 0.1) is 0 Å². The van der Waals surface area contributed by atoms with Gasteiger partial charge in [0.15, 0.2) is 0 Å². The number of hydrogen-bond donors (Lipinski definition) is 2. The second kappa shape index (κ2) is 6.40. The molecule has 1 aliphatic rings. The van der Waals surface area contributed by atoms with Crippen LogP contribution in [-0.4, -0.2) is 25.5 Å². The van der Waals surface area contributed by atoms with Crippen LogP contribution in [0.1, 0.15) is 29.6 Å². The van der Waals surface area contributed by atoms with Gasteiger partial charge in [-0.25, -0.2) is 0 Å². The standard InChI is InChI=1S/C14H19N2O/c17-14(13-4-2-1-3-5-13)16-11-8-12-6-9-15-10-7-12/h2-5,12,15H,6-11H2,(H,16,17). The number of amides is 1. The smallest absolute Gasteiger partial charge is 0.251 e. The van der Waals surface area contributed by atoms with Crippen molar-refractivity contribution in [1.82, 2.24) is 10.6 Å². The molecule has 1 aliphatic heterocycles. The Bertz CT molecular complexity index is 344. The first-order valence-corrected chi connectivity index (χ1v) is 6.31. The van der Waals surface area contributed by atoms with Crippen LogP contribution in [0.4, 0.5) is 0 Å². The van der Waals surface area contributed by atoms with Crippen molar-refractivity contribution in [3.8, 4) is 0 Å². The monoisotopic (exact) mass is 231 g/mol. The van der Waals surface area contributed by atoms with E-state index in [9.17, 15) is 4.79 Å². The Morgan fingerprint density at radius 2 is 2.06 bits per heavy atom. The molecule has 0 bridgehead atoms. The largest absolute Gasteiger partial charge is 0.352 e. The van der Waals surface area contributed by atoms with Crippen LogP contribution >= 0.6 is 0 Å². The van der Waals surface area contributed by atoms with E-state index in [0.29, 0.717) is 5.56 Å². The van der Waals surface area contributed by atoms with Crippen LogP contribution in [0.3, 0.4) is 0 Å². The Labute approximate surface area is 103 Å². The molecule has 1 amide bonds. The molecule has 91 valence electrons. The Balaban J connectivity index is 1.69. The molecule has 1 radical (unpaired) electrons. The summed E-state index contributed by atoms with van der Waals surface area (Å²) < 4.78 is 0. The zero-order chi connectivity index (χ0) is 11.9. The average molecular weight is 231 g/mol. The zero-order valence-corrected chi connectivity index (χ0v) is 10.0. The van der Waals surface area contributed by atoms with Gasteiger partial charge in [-0.2, -0.15) is 0 Å². The number of benzene rings is 1. The first kappa shape index (κ1) is 12.1. The third kappa shape index (κ3) is 3.86. The topological polar surface area (TPSA) is 41.1 Å². The number of rotatable bonds is 4. The summed E-state index contributed by atoms with van der Waals surface area (Å²) in [6.07, 6.45) is 3.55. The third-order valence-corrected chi connectivity index (χ3v) is 3.28. The lowest BCUT2D eigenvalue weighted by Crippen LogP contribution is -2.31. The van der Waals surface area contributed by atoms with Crippen LogP contribution in [0, 0.1) is 12.0 Å². The van der Waals surface area contributed by atoms with E-state index in [1.807, 2.05) is 0 Å². The maximum Gasteiger partial charge on any atom is 0.251 e. The summed E-state index contributed by atoms with van der Waals surface area (Å²) in [4.78, 5) is 11.7. The minimum Gasteiger partial charge on any atom is -0.352 e. The van der Waals surface area contributed by atoms with Crippen LogP contribution < -0.4 is 10.6 Å². The molecule has 1 heterocycles. The van der Waals surface area contributed by atoms with Gasteiger partial charge in [-0.05, 0) is 56.5 Å². The van der Waals surface area contributed by atoms with E-state index in [4.69, 9.17) is 0 Å². The third-order valence-electron chi connectivity index (χ3n) is 3.28. The second-order valence-electron chi connectivity index (χ2n) is 4.53. The van der Waals surface area contributed by atoms with Crippen LogP contribution in [0.15, 0.2) is 24.3 Å². The highest BCUT2D eigenvalue weighted by molar-refractivity contribution is 5.94. The highest BCUT2D eigenvalue weighted by atomic mass is 16.1. The number of carbonyl (C=O) groups is 1. The van der Waals surface area contributed by atoms with Crippen LogP contribution in [0.25, 0.3) is 0 Å². The molecular weight excluding hydrogens is 212 g/mol. The van der Waals surface area contributed by atoms with E-state index in [-0.39, 0.29) is 5.91 Å². The highest BCUT2D eigenvalue weighted by Crippen LogP contribution is 2.14. The average Bonchev–Trinajstić information content (AvgIpc) is 2.41. The van der Waals surface area contributed by atoms with Gasteiger partial charge in [0.1, 0.15) is 0 Å². The van der Waals surface area contributed by atoms with Gasteiger partial charge >= 0.3 is 0 Å². The Morgan fingerprint density at radius 1 is 1.35 bits per heavy atom. The van der Waals surface area contributed by atoms with Crippen LogP contribution in [0.2, 0.25) is 0 Å². The van der Waals surface area contributed by atoms with Crippen molar-refractivity contribution in [2.75, 3.05) is 19.6 Å². The second-order valence-corrected chi connectivity index (χ2v) is 4.53. The fourth-order valence-corrected chi connectivity index (χ4v) is 2.20. The minimum atomic E-state index is 0.0212. The molecule has 0 saturated carbocycles. The lowest BCUT2D eigenvalue weighted by Gasteiger charge is -2.22. The molecule has 2 N–H and O–H groups in total. The number of hydrogen-bond acceptors (Lipinski definition) is 2. The summed E-state index contributed by atoms with van der Waals surface area (Å²) in [5, 5.41) is 6.32. The summed E-state index contributed by atoms with van der Waals surface area (Å²) in [6.45, 7) is 3.02. The van der Waals surface area contributed by atoms with Gasteiger partial charge < -0.3 is 10.6 Å². The van der Waals surface area contributed by atoms with Crippen molar-refractivity contribution < 1.29 is 4.79 Å². The van der Waals surface area contributed by atoms with Crippen LogP contribution in [-0.2, 0) is 0 Å². The molecule has 1 fully saturated rings. The van der Waals surface area contributed by atoms with Gasteiger partial charge in [0.25, 0.3) is 5.91 Å². The van der Waals surface area contributed by atoms with E-state index in [2.05, 4.69) is 16.7 Å². The van der Waals surface area contributed by atoms with Crippen LogP contribution in [0.5, 0.6) is 0 Å². The number of carbonyl (C=O) groups excluding carboxylic acids is 1. The lowest BCUT2D eigenvalue weighted by molar-refractivity contribution is 0.0950. The highest BCUT2D eigenvalue weighted by Gasteiger charge is 2.13. The quantitative estimate of drug-likeness (QED) is 0.826. The maximum atomic E-state index is 11.7. The fraction of sp³-hybridized carbons (Fsp3) is 0.500. The molecule has 0 atom stereocenters. The van der Waals surface area contributed by atoms with E-state index >= 15 is 0 Å². The van der Waals surface area contributed by atoms with Crippen molar-refractivity contribution in [2.45, 2.75) is 19.3 Å². The van der Waals surface area contributed by atoms with E-state index in [1.54, 1.807) is 24.3 Å². The zero-order valence-electron chi connectivity index (χ0n) is 10.0. The number of nitrogens with one attached hydrogen (secondary N) is 2. The van der Waals surface area contributed by atoms with E-state index < -0.39 is 0 Å². The van der Waals surface area contributed by atoms with Crippen molar-refractivity contribution in [2.24, 2.45) is 5.92 Å². The first-order valence-electron chi connectivity index (χ1n) is 6.31. The predicted octanol–water partition coefficient (Wildman–Crippen LogP) is 1.61. The molecule has 3 nitrogen and oxygen atoms in total. The molecule has 0 spiro atoms. The Morgan fingerprint density at radius 3 is 2.76 bits per heavy atom. The molecule has 17 heavy (non-hydrogen) atoms. The molecule has 3 heteroatoms. The summed E-state index contributed by atoms with van der Waals surface area (Å²) in [5.41, 5.74) is 0.717. The predicted molar refractivity (Wildman–Crippen MR) is 67.8 cm³/mol. The lowest BCUT2D eigenvalue weighted by atomic mass is 9.95. The molecule has 0 aliphatic carbocycles. The van der Waals surface area contributed by atoms with Crippen molar-refractivity contribution >= 4 is 5.91 Å². The molecule has 1 aromatic carbocycles. The van der Waals surface area contributed by atoms with Crippen molar-refractivity contribution in [3.05, 3.63) is 35.9 Å². The van der Waals surface area contributed by atoms with Gasteiger partial charge in [-0.15, -0.1) is 0 Å². The van der Waals surface area contributed by atoms with Crippen molar-refractivity contribution in [1.29, 1.82) is 0 Å². The van der Waals surface area contributed by atoms with Gasteiger partial charge in [-0.3, -0.25) is 4.79 Å². The van der Waals surface area contributed by atoms with Gasteiger partial charge in [-0.1, -0.05) is 12.1 Å². The summed E-state index contributed by atoms with van der Waals surface area (Å²) >= 11 is 0. The Hall–Kier alpha value is -1.35. The summed E-state index contributed by atoms with van der Waals surface area (Å²) in [5.74, 6) is 0.786.